The van der Waals surface area contributed by atoms with Gasteiger partial charge in [0.2, 0.25) is 0 Å². The van der Waals surface area contributed by atoms with Crippen LogP contribution in [0.3, 0.4) is 0 Å². The molecule has 0 saturated carbocycles. The largest absolute Gasteiger partial charge is 0.327 e. The molecule has 8 heteroatoms. The molecule has 8 nitrogen and oxygen atoms in total. The molecule has 1 aliphatic heterocycles. The molecular weight excluding hydrogens is 360 g/mol. The molecule has 28 heavy (non-hydrogen) atoms. The van der Waals surface area contributed by atoms with Crippen molar-refractivity contribution in [2.75, 3.05) is 5.32 Å². The Bertz CT molecular complexity index is 1010. The fraction of sp³-hybridized carbons (Fsp3) is 0.200. The maximum atomic E-state index is 13.1. The SMILES string of the molecule is CC1=C(C(=O)Nc2cccc(C)c2C)[C@@H](c2cccc([N+](=O)[O-])c2)NC(=O)N1. The lowest BCUT2D eigenvalue weighted by Gasteiger charge is -2.28. The number of nitrogens with zero attached hydrogens (tertiary/aromatic N) is 1. The summed E-state index contributed by atoms with van der Waals surface area (Å²) in [6.07, 6.45) is 0. The van der Waals surface area contributed by atoms with Gasteiger partial charge >= 0.3 is 6.03 Å². The van der Waals surface area contributed by atoms with Gasteiger partial charge in [0, 0.05) is 23.5 Å². The molecule has 2 aromatic carbocycles. The normalized spacial score (nSPS) is 16.2. The van der Waals surface area contributed by atoms with E-state index in [4.69, 9.17) is 0 Å². The number of rotatable bonds is 4. The second-order valence-corrected chi connectivity index (χ2v) is 6.62. The van der Waals surface area contributed by atoms with Crippen LogP contribution in [-0.2, 0) is 4.79 Å². The van der Waals surface area contributed by atoms with Crippen LogP contribution >= 0.6 is 0 Å². The van der Waals surface area contributed by atoms with E-state index < -0.39 is 22.9 Å². The summed E-state index contributed by atoms with van der Waals surface area (Å²) in [4.78, 5) is 35.6. The topological polar surface area (TPSA) is 113 Å². The van der Waals surface area contributed by atoms with Crippen molar-refractivity contribution in [2.24, 2.45) is 0 Å². The third-order valence-electron chi connectivity index (χ3n) is 4.78. The van der Waals surface area contributed by atoms with Crippen LogP contribution in [0.1, 0.15) is 29.7 Å². The lowest BCUT2D eigenvalue weighted by atomic mass is 9.94. The number of nitrogens with one attached hydrogen (secondary N) is 3. The summed E-state index contributed by atoms with van der Waals surface area (Å²) < 4.78 is 0. The fourth-order valence-electron chi connectivity index (χ4n) is 3.14. The van der Waals surface area contributed by atoms with Gasteiger partial charge in [-0.3, -0.25) is 14.9 Å². The molecular formula is C20H20N4O4. The summed E-state index contributed by atoms with van der Waals surface area (Å²) in [6.45, 7) is 5.48. The molecule has 0 unspecified atom stereocenters. The Hall–Kier alpha value is -3.68. The maximum Gasteiger partial charge on any atom is 0.319 e. The Kier molecular flexibility index (Phi) is 5.12. The third kappa shape index (κ3) is 3.71. The number of anilines is 1. The summed E-state index contributed by atoms with van der Waals surface area (Å²) in [5.74, 6) is -0.393. The first-order valence-corrected chi connectivity index (χ1v) is 8.68. The first-order valence-electron chi connectivity index (χ1n) is 8.68. The van der Waals surface area contributed by atoms with Gasteiger partial charge in [-0.2, -0.15) is 0 Å². The minimum atomic E-state index is -0.807. The van der Waals surface area contributed by atoms with Crippen molar-refractivity contribution >= 4 is 23.3 Å². The Morgan fingerprint density at radius 2 is 1.86 bits per heavy atom. The van der Waals surface area contributed by atoms with Crippen LogP contribution in [0.25, 0.3) is 0 Å². The second-order valence-electron chi connectivity index (χ2n) is 6.62. The monoisotopic (exact) mass is 380 g/mol. The highest BCUT2D eigenvalue weighted by molar-refractivity contribution is 6.07. The lowest BCUT2D eigenvalue weighted by molar-refractivity contribution is -0.384. The minimum absolute atomic E-state index is 0.114. The quantitative estimate of drug-likeness (QED) is 0.556. The number of amides is 3. The molecule has 0 aliphatic carbocycles. The number of aryl methyl sites for hydroxylation is 1. The van der Waals surface area contributed by atoms with E-state index in [1.54, 1.807) is 19.1 Å². The number of hydrogen-bond acceptors (Lipinski definition) is 4. The number of nitro groups is 1. The zero-order valence-electron chi connectivity index (χ0n) is 15.7. The van der Waals surface area contributed by atoms with Crippen LogP contribution in [0, 0.1) is 24.0 Å². The van der Waals surface area contributed by atoms with Gasteiger partial charge in [-0.05, 0) is 43.5 Å². The molecule has 0 fully saturated rings. The Morgan fingerprint density at radius 3 is 2.57 bits per heavy atom. The van der Waals surface area contributed by atoms with E-state index in [-0.39, 0.29) is 5.69 Å². The number of benzene rings is 2. The molecule has 1 atom stereocenters. The van der Waals surface area contributed by atoms with Gasteiger partial charge in [0.25, 0.3) is 11.6 Å². The molecule has 3 N–H and O–H groups in total. The molecule has 0 radical (unpaired) electrons. The standard InChI is InChI=1S/C20H20N4O4/c1-11-6-4-9-16(12(11)2)22-19(25)17-13(3)21-20(26)23-18(17)14-7-5-8-15(10-14)24(27)28/h4-10,18H,1-3H3,(H,22,25)(H2,21,23,26)/t18-/m1/s1. The zero-order valence-corrected chi connectivity index (χ0v) is 15.7. The smallest absolute Gasteiger partial charge is 0.319 e. The zero-order chi connectivity index (χ0) is 20.4. The highest BCUT2D eigenvalue weighted by atomic mass is 16.6. The minimum Gasteiger partial charge on any atom is -0.327 e. The summed E-state index contributed by atoms with van der Waals surface area (Å²) >= 11 is 0. The van der Waals surface area contributed by atoms with Crippen LogP contribution in [0.4, 0.5) is 16.2 Å². The third-order valence-corrected chi connectivity index (χ3v) is 4.78. The summed E-state index contributed by atoms with van der Waals surface area (Å²) in [5.41, 5.74) is 3.67. The second kappa shape index (κ2) is 7.51. The number of urea groups is 1. The molecule has 0 saturated heterocycles. The van der Waals surface area contributed by atoms with Crippen molar-refractivity contribution in [1.82, 2.24) is 10.6 Å². The van der Waals surface area contributed by atoms with Gasteiger partial charge in [0.15, 0.2) is 0 Å². The molecule has 3 rings (SSSR count). The molecule has 2 aromatic rings. The molecule has 0 spiro atoms. The number of non-ortho nitro benzene ring substituents is 1. The van der Waals surface area contributed by atoms with Crippen LogP contribution in [0.5, 0.6) is 0 Å². The fourth-order valence-corrected chi connectivity index (χ4v) is 3.14. The van der Waals surface area contributed by atoms with Crippen molar-refractivity contribution in [3.8, 4) is 0 Å². The van der Waals surface area contributed by atoms with E-state index in [9.17, 15) is 19.7 Å². The predicted molar refractivity (Wildman–Crippen MR) is 105 cm³/mol. The van der Waals surface area contributed by atoms with Gasteiger partial charge in [-0.25, -0.2) is 4.79 Å². The number of carbonyl (C=O) groups is 2. The van der Waals surface area contributed by atoms with Crippen LogP contribution in [0.15, 0.2) is 53.7 Å². The van der Waals surface area contributed by atoms with Crippen LogP contribution in [0.2, 0.25) is 0 Å². The first-order chi connectivity index (χ1) is 13.3. The summed E-state index contributed by atoms with van der Waals surface area (Å²) in [7, 11) is 0. The van der Waals surface area contributed by atoms with E-state index in [2.05, 4.69) is 16.0 Å². The molecule has 1 heterocycles. The number of hydrogen-bond donors (Lipinski definition) is 3. The average Bonchev–Trinajstić information content (AvgIpc) is 2.64. The van der Waals surface area contributed by atoms with Crippen molar-refractivity contribution < 1.29 is 14.5 Å². The molecule has 0 aromatic heterocycles. The van der Waals surface area contributed by atoms with Crippen LogP contribution in [-0.4, -0.2) is 16.9 Å². The van der Waals surface area contributed by atoms with Gasteiger partial charge < -0.3 is 16.0 Å². The number of nitro benzene ring substituents is 1. The Balaban J connectivity index is 2.00. The first kappa shape index (κ1) is 19.1. The molecule has 3 amide bonds. The van der Waals surface area contributed by atoms with Crippen molar-refractivity contribution in [3.63, 3.8) is 0 Å². The van der Waals surface area contributed by atoms with E-state index in [1.165, 1.54) is 18.2 Å². The Labute approximate surface area is 161 Å². The van der Waals surface area contributed by atoms with E-state index in [0.29, 0.717) is 22.5 Å². The highest BCUT2D eigenvalue weighted by Gasteiger charge is 2.32. The molecule has 0 bridgehead atoms. The van der Waals surface area contributed by atoms with E-state index >= 15 is 0 Å². The van der Waals surface area contributed by atoms with Gasteiger partial charge in [0.05, 0.1) is 16.5 Å². The molecule has 1 aliphatic rings. The predicted octanol–water partition coefficient (Wildman–Crippen LogP) is 3.48. The van der Waals surface area contributed by atoms with Crippen molar-refractivity contribution in [3.05, 3.63) is 80.5 Å². The van der Waals surface area contributed by atoms with Crippen molar-refractivity contribution in [1.29, 1.82) is 0 Å². The maximum absolute atomic E-state index is 13.1. The van der Waals surface area contributed by atoms with Gasteiger partial charge in [-0.1, -0.05) is 24.3 Å². The number of allylic oxidation sites excluding steroid dienone is 1. The van der Waals surface area contributed by atoms with Gasteiger partial charge in [0.1, 0.15) is 0 Å². The molecule has 144 valence electrons. The average molecular weight is 380 g/mol. The van der Waals surface area contributed by atoms with E-state index in [0.717, 1.165) is 11.1 Å². The van der Waals surface area contributed by atoms with E-state index in [1.807, 2.05) is 26.0 Å². The highest BCUT2D eigenvalue weighted by Crippen LogP contribution is 2.30. The summed E-state index contributed by atoms with van der Waals surface area (Å²) in [5, 5.41) is 19.3. The Morgan fingerprint density at radius 1 is 1.14 bits per heavy atom. The van der Waals surface area contributed by atoms with Crippen LogP contribution < -0.4 is 16.0 Å². The summed E-state index contributed by atoms with van der Waals surface area (Å²) in [6, 6.07) is 10.2. The number of carbonyl (C=O) groups excluding carboxylic acids is 2. The van der Waals surface area contributed by atoms with Crippen molar-refractivity contribution in [2.45, 2.75) is 26.8 Å². The van der Waals surface area contributed by atoms with Gasteiger partial charge in [-0.15, -0.1) is 0 Å². The lowest BCUT2D eigenvalue weighted by Crippen LogP contribution is -2.46.